The predicted octanol–water partition coefficient (Wildman–Crippen LogP) is 5.09. The largest absolute Gasteiger partial charge is 0.355 e. The molecular formula is C28H30N6O. The van der Waals surface area contributed by atoms with Crippen LogP contribution < -0.4 is 10.6 Å². The smallest absolute Gasteiger partial charge is 0.253 e. The fourth-order valence-corrected chi connectivity index (χ4v) is 4.44. The van der Waals surface area contributed by atoms with E-state index >= 15 is 0 Å². The quantitative estimate of drug-likeness (QED) is 0.337. The van der Waals surface area contributed by atoms with Gasteiger partial charge in [0.25, 0.3) is 5.91 Å². The molecule has 1 saturated heterocycles. The van der Waals surface area contributed by atoms with Gasteiger partial charge < -0.3 is 15.5 Å². The Kier molecular flexibility index (Phi) is 7.15. The molecule has 0 spiro atoms. The van der Waals surface area contributed by atoms with Gasteiger partial charge in [0.1, 0.15) is 0 Å². The van der Waals surface area contributed by atoms with Gasteiger partial charge in [0.05, 0.1) is 28.2 Å². The van der Waals surface area contributed by atoms with E-state index in [1.165, 1.54) is 19.3 Å². The minimum absolute atomic E-state index is 0.0605. The molecule has 0 radical (unpaired) electrons. The number of hydrogen-bond acceptors (Lipinski definition) is 5. The third-order valence-electron chi connectivity index (χ3n) is 6.31. The third kappa shape index (κ3) is 5.75. The van der Waals surface area contributed by atoms with Gasteiger partial charge in [-0.05, 0) is 80.5 Å². The first-order chi connectivity index (χ1) is 17.3. The molecule has 7 nitrogen and oxygen atoms in total. The van der Waals surface area contributed by atoms with Gasteiger partial charge in [-0.2, -0.15) is 5.10 Å². The van der Waals surface area contributed by atoms with Crippen LogP contribution in [0.1, 0.15) is 41.0 Å². The van der Waals surface area contributed by atoms with Crippen LogP contribution in [-0.2, 0) is 0 Å². The van der Waals surface area contributed by atoms with E-state index in [9.17, 15) is 4.79 Å². The lowest BCUT2D eigenvalue weighted by atomic mass is 10.1. The highest BCUT2D eigenvalue weighted by Gasteiger charge is 2.14. The fraction of sp³-hybridized carbons (Fsp3) is 0.250. The fourth-order valence-electron chi connectivity index (χ4n) is 4.44. The molecule has 0 bridgehead atoms. The lowest BCUT2D eigenvalue weighted by Crippen LogP contribution is -2.37. The average Bonchev–Trinajstić information content (AvgIpc) is 3.31. The standard InChI is InChI=1S/C28H30N6O/c35-28(30-16-19-34-17-6-1-7-18-34)24-9-2-3-10-25(24)31-22-11-13-23-26(32-33-27(23)20-22)14-12-21-8-4-5-15-29-21/h2-5,8-15,20,31H,1,6-7,16-19H2,(H,30,35)(H,32,33)/b14-12+. The molecule has 35 heavy (non-hydrogen) atoms. The van der Waals surface area contributed by atoms with E-state index < -0.39 is 0 Å². The lowest BCUT2D eigenvalue weighted by molar-refractivity contribution is 0.0947. The van der Waals surface area contributed by atoms with Crippen LogP contribution in [0.25, 0.3) is 23.1 Å². The Morgan fingerprint density at radius 3 is 2.71 bits per heavy atom. The second kappa shape index (κ2) is 11.0. The number of piperidine rings is 1. The van der Waals surface area contributed by atoms with E-state index in [0.29, 0.717) is 12.1 Å². The highest BCUT2D eigenvalue weighted by Crippen LogP contribution is 2.26. The first-order valence-electron chi connectivity index (χ1n) is 12.2. The molecule has 0 saturated carbocycles. The summed E-state index contributed by atoms with van der Waals surface area (Å²) >= 11 is 0. The van der Waals surface area contributed by atoms with Gasteiger partial charge in [0, 0.05) is 30.4 Å². The van der Waals surface area contributed by atoms with E-state index in [0.717, 1.165) is 53.3 Å². The van der Waals surface area contributed by atoms with Crippen molar-refractivity contribution in [2.24, 2.45) is 0 Å². The zero-order valence-corrected chi connectivity index (χ0v) is 19.7. The number of fused-ring (bicyclic) bond motifs is 1. The van der Waals surface area contributed by atoms with Crippen LogP contribution in [0.4, 0.5) is 11.4 Å². The topological polar surface area (TPSA) is 85.9 Å². The van der Waals surface area contributed by atoms with Crippen molar-refractivity contribution in [3.63, 3.8) is 0 Å². The number of nitrogens with one attached hydrogen (secondary N) is 3. The zero-order valence-electron chi connectivity index (χ0n) is 19.7. The first-order valence-corrected chi connectivity index (χ1v) is 12.2. The molecule has 1 aliphatic heterocycles. The highest BCUT2D eigenvalue weighted by atomic mass is 16.1. The van der Waals surface area contributed by atoms with Crippen LogP contribution in [-0.4, -0.2) is 52.2 Å². The number of aromatic amines is 1. The predicted molar refractivity (Wildman–Crippen MR) is 142 cm³/mol. The molecule has 0 atom stereocenters. The van der Waals surface area contributed by atoms with Crippen molar-refractivity contribution in [1.82, 2.24) is 25.4 Å². The number of nitrogens with zero attached hydrogens (tertiary/aromatic N) is 3. The number of aromatic nitrogens is 3. The van der Waals surface area contributed by atoms with Gasteiger partial charge in [-0.15, -0.1) is 0 Å². The molecule has 3 N–H and O–H groups in total. The maximum Gasteiger partial charge on any atom is 0.253 e. The van der Waals surface area contributed by atoms with Gasteiger partial charge >= 0.3 is 0 Å². The second-order valence-corrected chi connectivity index (χ2v) is 8.79. The number of likely N-dealkylation sites (tertiary alicyclic amines) is 1. The van der Waals surface area contributed by atoms with Gasteiger partial charge in [-0.3, -0.25) is 14.9 Å². The van der Waals surface area contributed by atoms with Gasteiger partial charge in [-0.25, -0.2) is 0 Å². The molecule has 3 heterocycles. The minimum Gasteiger partial charge on any atom is -0.355 e. The number of carbonyl (C=O) groups is 1. The number of rotatable bonds is 8. The second-order valence-electron chi connectivity index (χ2n) is 8.79. The number of benzene rings is 2. The number of hydrogen-bond donors (Lipinski definition) is 3. The van der Waals surface area contributed by atoms with Crippen LogP contribution in [0.15, 0.2) is 66.9 Å². The molecule has 2 aromatic carbocycles. The van der Waals surface area contributed by atoms with E-state index in [2.05, 4.69) is 30.7 Å². The number of para-hydroxylation sites is 1. The molecule has 1 fully saturated rings. The third-order valence-corrected chi connectivity index (χ3v) is 6.31. The summed E-state index contributed by atoms with van der Waals surface area (Å²) in [5.74, 6) is -0.0605. The molecule has 0 unspecified atom stereocenters. The van der Waals surface area contributed by atoms with Crippen LogP contribution in [0.3, 0.4) is 0 Å². The Hall–Kier alpha value is -3.97. The molecule has 178 valence electrons. The van der Waals surface area contributed by atoms with Crippen molar-refractivity contribution in [2.45, 2.75) is 19.3 Å². The maximum atomic E-state index is 12.9. The van der Waals surface area contributed by atoms with Crippen molar-refractivity contribution in [3.8, 4) is 0 Å². The van der Waals surface area contributed by atoms with E-state index in [4.69, 9.17) is 0 Å². The number of H-pyrrole nitrogens is 1. The summed E-state index contributed by atoms with van der Waals surface area (Å²) in [7, 11) is 0. The highest BCUT2D eigenvalue weighted by molar-refractivity contribution is 6.00. The number of carbonyl (C=O) groups excluding carboxylic acids is 1. The Morgan fingerprint density at radius 2 is 1.86 bits per heavy atom. The van der Waals surface area contributed by atoms with Gasteiger partial charge in [0.2, 0.25) is 0 Å². The summed E-state index contributed by atoms with van der Waals surface area (Å²) in [5.41, 5.74) is 4.94. The van der Waals surface area contributed by atoms with Crippen molar-refractivity contribution in [3.05, 3.63) is 83.8 Å². The van der Waals surface area contributed by atoms with Gasteiger partial charge in [0.15, 0.2) is 0 Å². The first kappa shape index (κ1) is 22.8. The Labute approximate surface area is 205 Å². The Balaban J connectivity index is 1.26. The summed E-state index contributed by atoms with van der Waals surface area (Å²) in [4.78, 5) is 19.6. The molecule has 5 rings (SSSR count). The number of anilines is 2. The van der Waals surface area contributed by atoms with Crippen molar-refractivity contribution >= 4 is 40.3 Å². The SMILES string of the molecule is O=C(NCCN1CCCCC1)c1ccccc1Nc1ccc2c(/C=C/c3ccccn3)n[nH]c2c1. The van der Waals surface area contributed by atoms with Crippen LogP contribution >= 0.6 is 0 Å². The molecule has 0 aliphatic carbocycles. The lowest BCUT2D eigenvalue weighted by Gasteiger charge is -2.26. The summed E-state index contributed by atoms with van der Waals surface area (Å²) in [6.45, 7) is 3.81. The monoisotopic (exact) mass is 466 g/mol. The summed E-state index contributed by atoms with van der Waals surface area (Å²) in [6, 6.07) is 19.5. The summed E-state index contributed by atoms with van der Waals surface area (Å²) in [5, 5.41) is 15.1. The molecule has 2 aromatic heterocycles. The molecule has 4 aromatic rings. The summed E-state index contributed by atoms with van der Waals surface area (Å²) in [6.07, 6.45) is 9.50. The molecular weight excluding hydrogens is 436 g/mol. The number of amides is 1. The van der Waals surface area contributed by atoms with Crippen molar-refractivity contribution in [2.75, 3.05) is 31.5 Å². The van der Waals surface area contributed by atoms with Crippen LogP contribution in [0.2, 0.25) is 0 Å². The van der Waals surface area contributed by atoms with Crippen LogP contribution in [0, 0.1) is 0 Å². The summed E-state index contributed by atoms with van der Waals surface area (Å²) < 4.78 is 0. The van der Waals surface area contributed by atoms with Crippen LogP contribution in [0.5, 0.6) is 0 Å². The maximum absolute atomic E-state index is 12.9. The zero-order chi connectivity index (χ0) is 23.9. The normalized spacial score (nSPS) is 14.4. The Morgan fingerprint density at radius 1 is 1.00 bits per heavy atom. The van der Waals surface area contributed by atoms with Gasteiger partial charge in [-0.1, -0.05) is 24.6 Å². The molecule has 1 aliphatic rings. The van der Waals surface area contributed by atoms with Crippen molar-refractivity contribution < 1.29 is 4.79 Å². The van der Waals surface area contributed by atoms with E-state index in [1.54, 1.807) is 6.20 Å². The molecule has 1 amide bonds. The number of pyridine rings is 1. The Bertz CT molecular complexity index is 1310. The van der Waals surface area contributed by atoms with E-state index in [1.807, 2.05) is 72.8 Å². The average molecular weight is 467 g/mol. The van der Waals surface area contributed by atoms with E-state index in [-0.39, 0.29) is 5.91 Å². The molecule has 7 heteroatoms. The minimum atomic E-state index is -0.0605. The van der Waals surface area contributed by atoms with Crippen molar-refractivity contribution in [1.29, 1.82) is 0 Å².